The first-order valence-corrected chi connectivity index (χ1v) is 15.7. The minimum atomic E-state index is -4.11. The Labute approximate surface area is 254 Å². The van der Waals surface area contributed by atoms with Crippen molar-refractivity contribution >= 4 is 49.0 Å². The summed E-state index contributed by atoms with van der Waals surface area (Å²) in [7, 11) is -4.11. The first-order chi connectivity index (χ1) is 21.5. The van der Waals surface area contributed by atoms with E-state index in [2.05, 4.69) is 40.4 Å². The highest BCUT2D eigenvalue weighted by Gasteiger charge is 2.33. The molecule has 2 amide bonds. The average molecular weight is 601 g/mol. The number of rotatable bonds is 7. The van der Waals surface area contributed by atoms with Crippen molar-refractivity contribution in [2.24, 2.45) is 5.10 Å². The molecular formula is C35H28N4O4S. The van der Waals surface area contributed by atoms with Crippen molar-refractivity contribution in [1.82, 2.24) is 10.0 Å². The number of hydrogen-bond acceptors (Lipinski definition) is 6. The van der Waals surface area contributed by atoms with Gasteiger partial charge in [-0.3, -0.25) is 5.01 Å². The predicted molar refractivity (Wildman–Crippen MR) is 172 cm³/mol. The van der Waals surface area contributed by atoms with Crippen LogP contribution in [-0.2, 0) is 16.6 Å². The number of urea groups is 1. The molecule has 0 saturated heterocycles. The third-order valence-corrected chi connectivity index (χ3v) is 9.14. The van der Waals surface area contributed by atoms with Crippen LogP contribution in [0.15, 0.2) is 142 Å². The normalized spacial score (nSPS) is 15.0. The molecule has 0 bridgehead atoms. The Morgan fingerprint density at radius 2 is 1.48 bits per heavy atom. The Bertz CT molecular complexity index is 2060. The summed E-state index contributed by atoms with van der Waals surface area (Å²) in [5, 5.41) is 14.0. The Hall–Kier alpha value is -5.41. The zero-order valence-electron chi connectivity index (χ0n) is 23.6. The van der Waals surface area contributed by atoms with Gasteiger partial charge in [0.2, 0.25) is 0 Å². The van der Waals surface area contributed by atoms with Crippen LogP contribution in [0.3, 0.4) is 0 Å². The minimum absolute atomic E-state index is 0.0299. The van der Waals surface area contributed by atoms with Gasteiger partial charge in [-0.05, 0) is 75.1 Å². The third-order valence-electron chi connectivity index (χ3n) is 7.80. The molecule has 1 aromatic heterocycles. The van der Waals surface area contributed by atoms with E-state index in [-0.39, 0.29) is 17.5 Å². The van der Waals surface area contributed by atoms with Crippen LogP contribution in [-0.4, -0.2) is 20.2 Å². The average Bonchev–Trinajstić information content (AvgIpc) is 3.74. The molecule has 0 fully saturated rings. The summed E-state index contributed by atoms with van der Waals surface area (Å²) < 4.78 is 33.9. The molecule has 0 aliphatic carbocycles. The van der Waals surface area contributed by atoms with Crippen molar-refractivity contribution in [3.63, 3.8) is 0 Å². The molecule has 0 spiro atoms. The second-order valence-electron chi connectivity index (χ2n) is 10.6. The van der Waals surface area contributed by atoms with Crippen LogP contribution in [0.4, 0.5) is 10.5 Å². The van der Waals surface area contributed by atoms with Gasteiger partial charge in [0.05, 0.1) is 22.9 Å². The standard InChI is InChI=1S/C35H28N4O4S/c40-35(36-23-24-9-2-1-3-10-24)38-44(41,42)28-18-16-27(17-19-28)39-32(22-31(37-39)33-15-8-20-43-33)34-29-13-6-4-11-25(29)21-26-12-5-7-14-30(26)34/h1-21,32H,22-23H2,(H2,36,38,40). The Morgan fingerprint density at radius 3 is 2.14 bits per heavy atom. The van der Waals surface area contributed by atoms with Crippen LogP contribution in [0.5, 0.6) is 0 Å². The molecule has 6 aromatic rings. The van der Waals surface area contributed by atoms with E-state index in [1.807, 2.05) is 71.7 Å². The van der Waals surface area contributed by atoms with Crippen molar-refractivity contribution in [2.75, 3.05) is 5.01 Å². The quantitative estimate of drug-likeness (QED) is 0.190. The maximum atomic E-state index is 13.0. The summed E-state index contributed by atoms with van der Waals surface area (Å²) in [5.74, 6) is 0.687. The SMILES string of the molecule is O=C(NCc1ccccc1)NS(=O)(=O)c1ccc(N2N=C(c3ccco3)CC2c2c3ccccc3cc3ccccc23)cc1. The zero-order chi connectivity index (χ0) is 30.1. The van der Waals surface area contributed by atoms with Crippen molar-refractivity contribution in [1.29, 1.82) is 0 Å². The lowest BCUT2D eigenvalue weighted by Crippen LogP contribution is -2.39. The summed E-state index contributed by atoms with van der Waals surface area (Å²) in [4.78, 5) is 12.4. The van der Waals surface area contributed by atoms with Gasteiger partial charge in [-0.2, -0.15) is 5.10 Å². The summed E-state index contributed by atoms with van der Waals surface area (Å²) in [6, 6.07) is 37.2. The Kier molecular flexibility index (Phi) is 7.07. The largest absolute Gasteiger partial charge is 0.463 e. The maximum Gasteiger partial charge on any atom is 0.328 e. The molecule has 5 aromatic carbocycles. The number of nitrogens with one attached hydrogen (secondary N) is 2. The van der Waals surface area contributed by atoms with Gasteiger partial charge in [0.25, 0.3) is 10.0 Å². The highest BCUT2D eigenvalue weighted by atomic mass is 32.2. The van der Waals surface area contributed by atoms with Gasteiger partial charge < -0.3 is 9.73 Å². The van der Waals surface area contributed by atoms with Gasteiger partial charge in [0.1, 0.15) is 11.5 Å². The fraction of sp³-hybridized carbons (Fsp3) is 0.0857. The van der Waals surface area contributed by atoms with Crippen LogP contribution >= 0.6 is 0 Å². The number of sulfonamides is 1. The van der Waals surface area contributed by atoms with E-state index in [1.165, 1.54) is 12.1 Å². The number of fused-ring (bicyclic) bond motifs is 2. The summed E-state index contributed by atoms with van der Waals surface area (Å²) in [5.41, 5.74) is 3.50. The van der Waals surface area contributed by atoms with Crippen molar-refractivity contribution in [3.05, 3.63) is 144 Å². The van der Waals surface area contributed by atoms with Gasteiger partial charge in [0, 0.05) is 13.0 Å². The molecule has 2 N–H and O–H groups in total. The smallest absolute Gasteiger partial charge is 0.328 e. The van der Waals surface area contributed by atoms with Crippen LogP contribution in [0, 0.1) is 0 Å². The summed E-state index contributed by atoms with van der Waals surface area (Å²) in [6.45, 7) is 0.205. The van der Waals surface area contributed by atoms with E-state index in [1.54, 1.807) is 18.4 Å². The van der Waals surface area contributed by atoms with Crippen LogP contribution < -0.4 is 15.0 Å². The van der Waals surface area contributed by atoms with Crippen molar-refractivity contribution in [2.45, 2.75) is 23.9 Å². The lowest BCUT2D eigenvalue weighted by Gasteiger charge is -2.26. The molecule has 1 aliphatic rings. The Balaban J connectivity index is 1.22. The van der Waals surface area contributed by atoms with E-state index in [9.17, 15) is 13.2 Å². The fourth-order valence-electron chi connectivity index (χ4n) is 5.75. The number of benzene rings is 5. The highest BCUT2D eigenvalue weighted by Crippen LogP contribution is 2.43. The highest BCUT2D eigenvalue weighted by molar-refractivity contribution is 7.90. The Morgan fingerprint density at radius 1 is 0.818 bits per heavy atom. The number of amides is 2. The first kappa shape index (κ1) is 27.4. The number of hydrogen-bond donors (Lipinski definition) is 2. The van der Waals surface area contributed by atoms with Gasteiger partial charge in [-0.25, -0.2) is 17.9 Å². The number of nitrogens with zero attached hydrogens (tertiary/aromatic N) is 2. The molecule has 1 aliphatic heterocycles. The summed E-state index contributed by atoms with van der Waals surface area (Å²) in [6.07, 6.45) is 2.22. The number of furan rings is 1. The molecule has 218 valence electrons. The zero-order valence-corrected chi connectivity index (χ0v) is 24.4. The van der Waals surface area contributed by atoms with Crippen molar-refractivity contribution in [3.8, 4) is 0 Å². The lowest BCUT2D eigenvalue weighted by atomic mass is 9.90. The van der Waals surface area contributed by atoms with Crippen LogP contribution in [0.1, 0.15) is 29.3 Å². The molecule has 44 heavy (non-hydrogen) atoms. The second kappa shape index (κ2) is 11.3. The van der Waals surface area contributed by atoms with E-state index >= 15 is 0 Å². The van der Waals surface area contributed by atoms with E-state index in [4.69, 9.17) is 9.52 Å². The molecular weight excluding hydrogens is 572 g/mol. The third kappa shape index (κ3) is 5.29. The number of carbonyl (C=O) groups is 1. The minimum Gasteiger partial charge on any atom is -0.463 e. The van der Waals surface area contributed by atoms with E-state index < -0.39 is 16.1 Å². The molecule has 8 nitrogen and oxygen atoms in total. The molecule has 2 heterocycles. The van der Waals surface area contributed by atoms with E-state index in [0.717, 1.165) is 38.4 Å². The molecule has 1 atom stereocenters. The molecule has 0 radical (unpaired) electrons. The molecule has 9 heteroatoms. The topological polar surface area (TPSA) is 104 Å². The second-order valence-corrected chi connectivity index (χ2v) is 12.3. The van der Waals surface area contributed by atoms with Crippen LogP contribution in [0.25, 0.3) is 21.5 Å². The molecule has 0 saturated carbocycles. The monoisotopic (exact) mass is 600 g/mol. The fourth-order valence-corrected chi connectivity index (χ4v) is 6.67. The van der Waals surface area contributed by atoms with Crippen LogP contribution in [0.2, 0.25) is 0 Å². The van der Waals surface area contributed by atoms with Gasteiger partial charge in [-0.1, -0.05) is 78.9 Å². The predicted octanol–water partition coefficient (Wildman–Crippen LogP) is 7.13. The summed E-state index contributed by atoms with van der Waals surface area (Å²) >= 11 is 0. The number of carbonyl (C=O) groups excluding carboxylic acids is 1. The number of anilines is 1. The maximum absolute atomic E-state index is 13.0. The molecule has 7 rings (SSSR count). The van der Waals surface area contributed by atoms with E-state index in [0.29, 0.717) is 17.9 Å². The number of hydrazone groups is 1. The first-order valence-electron chi connectivity index (χ1n) is 14.2. The van der Waals surface area contributed by atoms with Gasteiger partial charge in [0.15, 0.2) is 0 Å². The molecule has 1 unspecified atom stereocenters. The van der Waals surface area contributed by atoms with Crippen molar-refractivity contribution < 1.29 is 17.6 Å². The van der Waals surface area contributed by atoms with Gasteiger partial charge >= 0.3 is 6.03 Å². The lowest BCUT2D eigenvalue weighted by molar-refractivity contribution is 0.245. The van der Waals surface area contributed by atoms with Gasteiger partial charge in [-0.15, -0.1) is 0 Å².